The molecule has 1 atom stereocenters. The zero-order chi connectivity index (χ0) is 14.5. The Hall–Kier alpha value is -2.19. The Morgan fingerprint density at radius 2 is 1.82 bits per heavy atom. The summed E-state index contributed by atoms with van der Waals surface area (Å²) in [5, 5.41) is 1.34. The highest BCUT2D eigenvalue weighted by atomic mass is 15.2. The summed E-state index contributed by atoms with van der Waals surface area (Å²) in [6, 6.07) is 18.1. The highest BCUT2D eigenvalue weighted by Gasteiger charge is 2.32. The smallest absolute Gasteiger partial charge is 0.0704 e. The van der Waals surface area contributed by atoms with Gasteiger partial charge in [-0.15, -0.1) is 0 Å². The molecule has 2 nitrogen and oxygen atoms in total. The fraction of sp³-hybridized carbons (Fsp3) is 0.250. The summed E-state index contributed by atoms with van der Waals surface area (Å²) >= 11 is 0. The molecule has 0 N–H and O–H groups in total. The van der Waals surface area contributed by atoms with Crippen LogP contribution in [0.25, 0.3) is 10.9 Å². The molecule has 0 spiro atoms. The molecule has 0 radical (unpaired) electrons. The first-order valence-corrected chi connectivity index (χ1v) is 8.07. The van der Waals surface area contributed by atoms with Gasteiger partial charge in [-0.25, -0.2) is 0 Å². The van der Waals surface area contributed by atoms with Crippen LogP contribution in [-0.4, -0.2) is 16.4 Å². The van der Waals surface area contributed by atoms with E-state index in [1.54, 1.807) is 0 Å². The maximum Gasteiger partial charge on any atom is 0.0704 e. The molecular formula is C20H18N2. The SMILES string of the molecule is c1ccc2c(c1)CCN1Cc3cnc4ccccc4c3CC21. The number of pyridine rings is 1. The molecule has 5 rings (SSSR count). The van der Waals surface area contributed by atoms with E-state index in [4.69, 9.17) is 0 Å². The quantitative estimate of drug-likeness (QED) is 0.623. The third kappa shape index (κ3) is 1.74. The average Bonchev–Trinajstić information content (AvgIpc) is 2.60. The fourth-order valence-corrected chi connectivity index (χ4v) is 4.16. The van der Waals surface area contributed by atoms with Crippen molar-refractivity contribution in [1.82, 2.24) is 9.88 Å². The van der Waals surface area contributed by atoms with Crippen LogP contribution in [0.15, 0.2) is 54.7 Å². The maximum absolute atomic E-state index is 4.65. The maximum atomic E-state index is 4.65. The monoisotopic (exact) mass is 286 g/mol. The van der Waals surface area contributed by atoms with E-state index in [9.17, 15) is 0 Å². The molecule has 0 fully saturated rings. The minimum absolute atomic E-state index is 0.531. The van der Waals surface area contributed by atoms with Crippen LogP contribution in [0.1, 0.15) is 28.3 Å². The van der Waals surface area contributed by atoms with Crippen LogP contribution in [-0.2, 0) is 19.4 Å². The third-order valence-electron chi connectivity index (χ3n) is 5.27. The number of hydrogen-bond donors (Lipinski definition) is 0. The Labute approximate surface area is 130 Å². The van der Waals surface area contributed by atoms with Crippen molar-refractivity contribution in [3.63, 3.8) is 0 Å². The normalized spacial score (nSPS) is 20.3. The second-order valence-corrected chi connectivity index (χ2v) is 6.42. The van der Waals surface area contributed by atoms with Crippen molar-refractivity contribution in [1.29, 1.82) is 0 Å². The van der Waals surface area contributed by atoms with Crippen LogP contribution in [0, 0.1) is 0 Å². The minimum Gasteiger partial charge on any atom is -0.291 e. The van der Waals surface area contributed by atoms with Gasteiger partial charge in [0.05, 0.1) is 5.52 Å². The molecule has 0 aliphatic carbocycles. The van der Waals surface area contributed by atoms with Gasteiger partial charge in [-0.05, 0) is 41.2 Å². The van der Waals surface area contributed by atoms with E-state index >= 15 is 0 Å². The van der Waals surface area contributed by atoms with Crippen LogP contribution >= 0.6 is 0 Å². The molecule has 1 aromatic heterocycles. The van der Waals surface area contributed by atoms with E-state index in [1.807, 2.05) is 0 Å². The van der Waals surface area contributed by atoms with Crippen molar-refractivity contribution < 1.29 is 0 Å². The lowest BCUT2D eigenvalue weighted by atomic mass is 9.83. The summed E-state index contributed by atoms with van der Waals surface area (Å²) in [6.07, 6.45) is 4.37. The highest BCUT2D eigenvalue weighted by Crippen LogP contribution is 2.39. The van der Waals surface area contributed by atoms with Crippen molar-refractivity contribution in [3.05, 3.63) is 77.0 Å². The largest absolute Gasteiger partial charge is 0.291 e. The fourth-order valence-electron chi connectivity index (χ4n) is 4.16. The molecule has 2 aromatic carbocycles. The topological polar surface area (TPSA) is 16.1 Å². The van der Waals surface area contributed by atoms with Crippen molar-refractivity contribution in [2.24, 2.45) is 0 Å². The highest BCUT2D eigenvalue weighted by molar-refractivity contribution is 5.83. The van der Waals surface area contributed by atoms with Crippen molar-refractivity contribution in [2.75, 3.05) is 6.54 Å². The third-order valence-corrected chi connectivity index (χ3v) is 5.27. The lowest BCUT2D eigenvalue weighted by Gasteiger charge is -2.41. The number of hydrogen-bond acceptors (Lipinski definition) is 2. The van der Waals surface area contributed by atoms with Gasteiger partial charge in [0, 0.05) is 30.7 Å². The summed E-state index contributed by atoms with van der Waals surface area (Å²) in [5.41, 5.74) is 7.10. The van der Waals surface area contributed by atoms with Crippen LogP contribution < -0.4 is 0 Å². The van der Waals surface area contributed by atoms with Crippen molar-refractivity contribution in [3.8, 4) is 0 Å². The standard InChI is InChI=1S/C20H18N2/c1-2-6-16-14(5-1)9-10-22-13-15-12-21-19-8-4-3-7-17(19)18(15)11-20(16)22/h1-8,12,20H,9-11,13H2. The van der Waals surface area contributed by atoms with Gasteiger partial charge >= 0.3 is 0 Å². The summed E-state index contributed by atoms with van der Waals surface area (Å²) < 4.78 is 0. The van der Waals surface area contributed by atoms with E-state index < -0.39 is 0 Å². The van der Waals surface area contributed by atoms with Gasteiger partial charge in [-0.1, -0.05) is 42.5 Å². The Bertz CT molecular complexity index is 868. The minimum atomic E-state index is 0.531. The van der Waals surface area contributed by atoms with Gasteiger partial charge in [0.1, 0.15) is 0 Å². The van der Waals surface area contributed by atoms with E-state index in [0.717, 1.165) is 25.0 Å². The molecule has 3 aromatic rings. The predicted molar refractivity (Wildman–Crippen MR) is 88.7 cm³/mol. The molecule has 2 aliphatic rings. The zero-order valence-electron chi connectivity index (χ0n) is 12.5. The molecule has 1 unspecified atom stereocenters. The van der Waals surface area contributed by atoms with Crippen LogP contribution in [0.3, 0.4) is 0 Å². The predicted octanol–water partition coefficient (Wildman–Crippen LogP) is 3.89. The molecule has 22 heavy (non-hydrogen) atoms. The second-order valence-electron chi connectivity index (χ2n) is 6.42. The molecule has 0 amide bonds. The van der Waals surface area contributed by atoms with Gasteiger partial charge in [-0.3, -0.25) is 9.88 Å². The first kappa shape index (κ1) is 12.4. The number of rotatable bonds is 0. The van der Waals surface area contributed by atoms with Crippen LogP contribution in [0.2, 0.25) is 0 Å². The first-order valence-electron chi connectivity index (χ1n) is 8.07. The average molecular weight is 286 g/mol. The molecule has 2 heteroatoms. The number of nitrogens with zero attached hydrogens (tertiary/aromatic N) is 2. The summed E-state index contributed by atoms with van der Waals surface area (Å²) in [5.74, 6) is 0. The second kappa shape index (κ2) is 4.65. The number of para-hydroxylation sites is 1. The lowest BCUT2D eigenvalue weighted by Crippen LogP contribution is -2.39. The molecule has 0 saturated carbocycles. The Kier molecular flexibility index (Phi) is 2.61. The molecule has 0 saturated heterocycles. The van der Waals surface area contributed by atoms with Crippen LogP contribution in [0.5, 0.6) is 0 Å². The number of benzene rings is 2. The molecule has 2 aliphatic heterocycles. The Morgan fingerprint density at radius 1 is 0.955 bits per heavy atom. The van der Waals surface area contributed by atoms with Crippen molar-refractivity contribution >= 4 is 10.9 Å². The van der Waals surface area contributed by atoms with E-state index in [0.29, 0.717) is 6.04 Å². The van der Waals surface area contributed by atoms with E-state index in [1.165, 1.54) is 34.1 Å². The summed E-state index contributed by atoms with van der Waals surface area (Å²) in [7, 11) is 0. The summed E-state index contributed by atoms with van der Waals surface area (Å²) in [4.78, 5) is 7.28. The number of fused-ring (bicyclic) bond motifs is 6. The van der Waals surface area contributed by atoms with Gasteiger partial charge in [0.25, 0.3) is 0 Å². The van der Waals surface area contributed by atoms with Crippen molar-refractivity contribution in [2.45, 2.75) is 25.4 Å². The zero-order valence-corrected chi connectivity index (χ0v) is 12.5. The summed E-state index contributed by atoms with van der Waals surface area (Å²) in [6.45, 7) is 2.19. The Morgan fingerprint density at radius 3 is 2.82 bits per heavy atom. The molecular weight excluding hydrogens is 268 g/mol. The van der Waals surface area contributed by atoms with E-state index in [-0.39, 0.29) is 0 Å². The van der Waals surface area contributed by atoms with Gasteiger partial charge in [0.15, 0.2) is 0 Å². The van der Waals surface area contributed by atoms with E-state index in [2.05, 4.69) is 64.6 Å². The molecule has 3 heterocycles. The number of aromatic nitrogens is 1. The van der Waals surface area contributed by atoms with Gasteiger partial charge in [0.2, 0.25) is 0 Å². The van der Waals surface area contributed by atoms with Crippen LogP contribution in [0.4, 0.5) is 0 Å². The lowest BCUT2D eigenvalue weighted by molar-refractivity contribution is 0.161. The molecule has 0 bridgehead atoms. The molecule has 108 valence electrons. The van der Waals surface area contributed by atoms with Gasteiger partial charge < -0.3 is 0 Å². The van der Waals surface area contributed by atoms with Gasteiger partial charge in [-0.2, -0.15) is 0 Å². The Balaban J connectivity index is 1.68. The first-order chi connectivity index (χ1) is 10.9.